The van der Waals surface area contributed by atoms with Crippen LogP contribution < -0.4 is 10.6 Å². The van der Waals surface area contributed by atoms with Crippen LogP contribution in [-0.2, 0) is 4.79 Å². The predicted molar refractivity (Wildman–Crippen MR) is 70.6 cm³/mol. The maximum atomic E-state index is 11.8. The zero-order chi connectivity index (χ0) is 13.7. The van der Waals surface area contributed by atoms with Crippen LogP contribution in [0.1, 0.15) is 38.5 Å². The Morgan fingerprint density at radius 2 is 1.95 bits per heavy atom. The van der Waals surface area contributed by atoms with Crippen LogP contribution in [-0.4, -0.2) is 53.7 Å². The average molecular weight is 269 g/mol. The van der Waals surface area contributed by atoms with Gasteiger partial charge in [-0.25, -0.2) is 4.79 Å². The third-order valence-electron chi connectivity index (χ3n) is 3.72. The SMILES string of the molecule is O=C(CN1CCCCCC1CO)NC(=O)NC1CC1. The molecule has 1 saturated carbocycles. The first kappa shape index (κ1) is 14.3. The predicted octanol–water partition coefficient (Wildman–Crippen LogP) is 0.212. The molecule has 3 amide bonds. The molecular weight excluding hydrogens is 246 g/mol. The smallest absolute Gasteiger partial charge is 0.321 e. The minimum atomic E-state index is -0.400. The molecule has 0 aromatic heterocycles. The molecule has 2 fully saturated rings. The van der Waals surface area contributed by atoms with Gasteiger partial charge in [0, 0.05) is 12.1 Å². The molecule has 1 aliphatic heterocycles. The molecular formula is C13H23N3O3. The highest BCUT2D eigenvalue weighted by molar-refractivity contribution is 5.95. The van der Waals surface area contributed by atoms with E-state index in [2.05, 4.69) is 10.6 Å². The van der Waals surface area contributed by atoms with Crippen LogP contribution in [0.2, 0.25) is 0 Å². The summed E-state index contributed by atoms with van der Waals surface area (Å²) in [5.41, 5.74) is 0. The van der Waals surface area contributed by atoms with Crippen LogP contribution in [0.15, 0.2) is 0 Å². The molecule has 0 aromatic rings. The number of imide groups is 1. The summed E-state index contributed by atoms with van der Waals surface area (Å²) in [7, 11) is 0. The highest BCUT2D eigenvalue weighted by atomic mass is 16.3. The zero-order valence-corrected chi connectivity index (χ0v) is 11.2. The number of carbonyl (C=O) groups excluding carboxylic acids is 2. The number of aliphatic hydroxyl groups is 1. The fourth-order valence-corrected chi connectivity index (χ4v) is 2.45. The van der Waals surface area contributed by atoms with Gasteiger partial charge in [0.2, 0.25) is 5.91 Å². The van der Waals surface area contributed by atoms with Crippen molar-refractivity contribution in [2.75, 3.05) is 19.7 Å². The Bertz CT molecular complexity index is 331. The van der Waals surface area contributed by atoms with Crippen molar-refractivity contribution < 1.29 is 14.7 Å². The molecule has 108 valence electrons. The van der Waals surface area contributed by atoms with Crippen LogP contribution in [0.3, 0.4) is 0 Å². The fraction of sp³-hybridized carbons (Fsp3) is 0.846. The van der Waals surface area contributed by atoms with Crippen LogP contribution in [0, 0.1) is 0 Å². The molecule has 19 heavy (non-hydrogen) atoms. The summed E-state index contributed by atoms with van der Waals surface area (Å²) in [5, 5.41) is 14.4. The summed E-state index contributed by atoms with van der Waals surface area (Å²) in [5.74, 6) is -0.293. The molecule has 0 aromatic carbocycles. The third-order valence-corrected chi connectivity index (χ3v) is 3.72. The van der Waals surface area contributed by atoms with E-state index in [1.165, 1.54) is 0 Å². The standard InChI is InChI=1S/C13H23N3O3/c17-9-11-4-2-1-3-7-16(11)8-12(18)15-13(19)14-10-5-6-10/h10-11,17H,1-9H2,(H2,14,15,18,19). The second-order valence-corrected chi connectivity index (χ2v) is 5.45. The average Bonchev–Trinajstić information content (AvgIpc) is 3.16. The Hall–Kier alpha value is -1.14. The number of nitrogens with zero attached hydrogens (tertiary/aromatic N) is 1. The van der Waals surface area contributed by atoms with Gasteiger partial charge in [-0.1, -0.05) is 12.8 Å². The molecule has 1 unspecified atom stereocenters. The van der Waals surface area contributed by atoms with Crippen molar-refractivity contribution in [1.29, 1.82) is 0 Å². The number of likely N-dealkylation sites (tertiary alicyclic amines) is 1. The molecule has 1 saturated heterocycles. The summed E-state index contributed by atoms with van der Waals surface area (Å²) in [6.07, 6.45) is 6.18. The Morgan fingerprint density at radius 1 is 1.16 bits per heavy atom. The lowest BCUT2D eigenvalue weighted by Crippen LogP contribution is -2.48. The molecule has 0 radical (unpaired) electrons. The first-order valence-electron chi connectivity index (χ1n) is 7.14. The number of aliphatic hydroxyl groups excluding tert-OH is 1. The summed E-state index contributed by atoms with van der Waals surface area (Å²) in [6, 6.07) is -0.112. The topological polar surface area (TPSA) is 81.7 Å². The largest absolute Gasteiger partial charge is 0.395 e. The van der Waals surface area contributed by atoms with Gasteiger partial charge in [-0.2, -0.15) is 0 Å². The van der Waals surface area contributed by atoms with Crippen LogP contribution in [0.25, 0.3) is 0 Å². The number of nitrogens with one attached hydrogen (secondary N) is 2. The first-order valence-corrected chi connectivity index (χ1v) is 7.14. The summed E-state index contributed by atoms with van der Waals surface area (Å²) < 4.78 is 0. The van der Waals surface area contributed by atoms with E-state index in [9.17, 15) is 14.7 Å². The quantitative estimate of drug-likeness (QED) is 0.681. The van der Waals surface area contributed by atoms with E-state index in [0.717, 1.165) is 45.1 Å². The van der Waals surface area contributed by atoms with Gasteiger partial charge in [0.15, 0.2) is 0 Å². The monoisotopic (exact) mass is 269 g/mol. The van der Waals surface area contributed by atoms with Crippen molar-refractivity contribution >= 4 is 11.9 Å². The van der Waals surface area contributed by atoms with Gasteiger partial charge < -0.3 is 10.4 Å². The molecule has 6 nitrogen and oxygen atoms in total. The van der Waals surface area contributed by atoms with E-state index in [0.29, 0.717) is 0 Å². The normalized spacial score (nSPS) is 24.6. The number of carbonyl (C=O) groups is 2. The van der Waals surface area contributed by atoms with E-state index in [-0.39, 0.29) is 31.1 Å². The van der Waals surface area contributed by atoms with Gasteiger partial charge >= 0.3 is 6.03 Å². The molecule has 2 aliphatic rings. The first-order chi connectivity index (χ1) is 9.19. The molecule has 1 heterocycles. The number of amides is 3. The van der Waals surface area contributed by atoms with Crippen molar-refractivity contribution in [1.82, 2.24) is 15.5 Å². The van der Waals surface area contributed by atoms with Crippen LogP contribution in [0.5, 0.6) is 0 Å². The number of rotatable bonds is 4. The van der Waals surface area contributed by atoms with E-state index in [1.807, 2.05) is 4.90 Å². The number of urea groups is 1. The van der Waals surface area contributed by atoms with E-state index in [1.54, 1.807) is 0 Å². The van der Waals surface area contributed by atoms with Crippen molar-refractivity contribution in [2.24, 2.45) is 0 Å². The van der Waals surface area contributed by atoms with Crippen LogP contribution in [0.4, 0.5) is 4.79 Å². The van der Waals surface area contributed by atoms with E-state index in [4.69, 9.17) is 0 Å². The minimum absolute atomic E-state index is 0.0414. The van der Waals surface area contributed by atoms with Gasteiger partial charge in [-0.15, -0.1) is 0 Å². The maximum absolute atomic E-state index is 11.8. The molecule has 1 atom stereocenters. The lowest BCUT2D eigenvalue weighted by atomic mass is 10.1. The van der Waals surface area contributed by atoms with Crippen molar-refractivity contribution in [3.63, 3.8) is 0 Å². The fourth-order valence-electron chi connectivity index (χ4n) is 2.45. The highest BCUT2D eigenvalue weighted by Gasteiger charge is 2.26. The second kappa shape index (κ2) is 6.86. The van der Waals surface area contributed by atoms with Gasteiger partial charge in [-0.05, 0) is 32.2 Å². The van der Waals surface area contributed by atoms with Crippen LogP contribution >= 0.6 is 0 Å². The van der Waals surface area contributed by atoms with Gasteiger partial charge in [0.1, 0.15) is 0 Å². The molecule has 2 rings (SSSR count). The molecule has 3 N–H and O–H groups in total. The molecule has 0 bridgehead atoms. The molecule has 0 spiro atoms. The second-order valence-electron chi connectivity index (χ2n) is 5.45. The zero-order valence-electron chi connectivity index (χ0n) is 11.2. The lowest BCUT2D eigenvalue weighted by Gasteiger charge is -2.27. The highest BCUT2D eigenvalue weighted by Crippen LogP contribution is 2.18. The van der Waals surface area contributed by atoms with Gasteiger partial charge in [-0.3, -0.25) is 15.0 Å². The van der Waals surface area contributed by atoms with Crippen molar-refractivity contribution in [3.8, 4) is 0 Å². The third kappa shape index (κ3) is 4.80. The van der Waals surface area contributed by atoms with Crippen molar-refractivity contribution in [2.45, 2.75) is 50.6 Å². The van der Waals surface area contributed by atoms with Gasteiger partial charge in [0.25, 0.3) is 0 Å². The number of hydrogen-bond donors (Lipinski definition) is 3. The number of hydrogen-bond acceptors (Lipinski definition) is 4. The Kier molecular flexibility index (Phi) is 5.15. The van der Waals surface area contributed by atoms with E-state index < -0.39 is 6.03 Å². The summed E-state index contributed by atoms with van der Waals surface area (Å²) >= 11 is 0. The maximum Gasteiger partial charge on any atom is 0.321 e. The summed E-state index contributed by atoms with van der Waals surface area (Å²) in [6.45, 7) is 1.06. The summed E-state index contributed by atoms with van der Waals surface area (Å²) in [4.78, 5) is 25.2. The molecule has 1 aliphatic carbocycles. The Balaban J connectivity index is 1.76. The lowest BCUT2D eigenvalue weighted by molar-refractivity contribution is -0.121. The molecule has 6 heteroatoms. The minimum Gasteiger partial charge on any atom is -0.395 e. The van der Waals surface area contributed by atoms with Crippen molar-refractivity contribution in [3.05, 3.63) is 0 Å². The van der Waals surface area contributed by atoms with E-state index >= 15 is 0 Å². The Morgan fingerprint density at radius 3 is 2.63 bits per heavy atom. The Labute approximate surface area is 113 Å². The van der Waals surface area contributed by atoms with Gasteiger partial charge in [0.05, 0.1) is 13.2 Å².